The minimum atomic E-state index is -0.419. The Labute approximate surface area is 112 Å². The maximum atomic E-state index is 13.3. The van der Waals surface area contributed by atoms with Crippen molar-refractivity contribution in [1.82, 2.24) is 9.80 Å². The number of piperazine rings is 1. The molecule has 2 N–H and O–H groups in total. The largest absolute Gasteiger partial charge is 0.398 e. The number of hydrogen-bond acceptors (Lipinski definition) is 3. The Bertz CT molecular complexity index is 505. The van der Waals surface area contributed by atoms with Gasteiger partial charge in [0.25, 0.3) is 5.91 Å². The number of carbonyl (C=O) groups is 1. The van der Waals surface area contributed by atoms with Crippen LogP contribution in [0.5, 0.6) is 0 Å². The first-order valence-electron chi connectivity index (χ1n) is 6.73. The van der Waals surface area contributed by atoms with E-state index < -0.39 is 5.82 Å². The van der Waals surface area contributed by atoms with Crippen molar-refractivity contribution in [2.45, 2.75) is 18.9 Å². The molecule has 1 aromatic rings. The molecule has 0 radical (unpaired) electrons. The van der Waals surface area contributed by atoms with Gasteiger partial charge in [-0.25, -0.2) is 4.39 Å². The van der Waals surface area contributed by atoms with Crippen molar-refractivity contribution in [2.24, 2.45) is 0 Å². The number of rotatable bonds is 1. The van der Waals surface area contributed by atoms with Crippen LogP contribution in [-0.2, 0) is 0 Å². The van der Waals surface area contributed by atoms with E-state index in [1.54, 1.807) is 4.90 Å². The third kappa shape index (κ3) is 2.30. The molecule has 0 spiro atoms. The average molecular weight is 263 g/mol. The van der Waals surface area contributed by atoms with Gasteiger partial charge in [0.15, 0.2) is 0 Å². The third-order valence-electron chi connectivity index (χ3n) is 4.12. The second-order valence-electron chi connectivity index (χ2n) is 5.31. The number of halogens is 1. The lowest BCUT2D eigenvalue weighted by Crippen LogP contribution is -2.52. The monoisotopic (exact) mass is 263 g/mol. The summed E-state index contributed by atoms with van der Waals surface area (Å²) in [5.41, 5.74) is 6.41. The zero-order valence-corrected chi connectivity index (χ0v) is 10.8. The molecule has 2 aliphatic rings. The van der Waals surface area contributed by atoms with Gasteiger partial charge in [-0.1, -0.05) is 0 Å². The number of nitrogens with two attached hydrogens (primary N) is 1. The first kappa shape index (κ1) is 12.4. The van der Waals surface area contributed by atoms with Crippen LogP contribution in [0.3, 0.4) is 0 Å². The Morgan fingerprint density at radius 1 is 1.32 bits per heavy atom. The maximum absolute atomic E-state index is 13.3. The zero-order valence-electron chi connectivity index (χ0n) is 10.8. The average Bonchev–Trinajstić information content (AvgIpc) is 2.88. The number of fused-ring (bicyclic) bond motifs is 1. The van der Waals surface area contributed by atoms with Crippen molar-refractivity contribution >= 4 is 11.6 Å². The molecule has 0 aliphatic carbocycles. The van der Waals surface area contributed by atoms with E-state index >= 15 is 0 Å². The molecular weight excluding hydrogens is 245 g/mol. The summed E-state index contributed by atoms with van der Waals surface area (Å²) in [6, 6.07) is 4.43. The van der Waals surface area contributed by atoms with Crippen LogP contribution in [0.2, 0.25) is 0 Å². The molecule has 0 saturated carbocycles. The molecule has 2 saturated heterocycles. The Balaban J connectivity index is 1.78. The van der Waals surface area contributed by atoms with E-state index in [4.69, 9.17) is 5.73 Å². The molecule has 0 bridgehead atoms. The predicted molar refractivity (Wildman–Crippen MR) is 71.3 cm³/mol. The number of benzene rings is 1. The first-order valence-corrected chi connectivity index (χ1v) is 6.73. The second kappa shape index (κ2) is 4.81. The lowest BCUT2D eigenvalue weighted by molar-refractivity contribution is 0.0572. The van der Waals surface area contributed by atoms with Gasteiger partial charge in [-0.3, -0.25) is 9.69 Å². The Morgan fingerprint density at radius 3 is 3.00 bits per heavy atom. The highest BCUT2D eigenvalue weighted by Gasteiger charge is 2.33. The highest BCUT2D eigenvalue weighted by Crippen LogP contribution is 2.24. The van der Waals surface area contributed by atoms with Gasteiger partial charge in [0, 0.05) is 31.4 Å². The van der Waals surface area contributed by atoms with E-state index in [1.165, 1.54) is 24.6 Å². The third-order valence-corrected chi connectivity index (χ3v) is 4.12. The minimum absolute atomic E-state index is 0.149. The molecule has 5 heteroatoms. The van der Waals surface area contributed by atoms with Crippen molar-refractivity contribution < 1.29 is 9.18 Å². The zero-order chi connectivity index (χ0) is 13.4. The molecule has 2 fully saturated rings. The van der Waals surface area contributed by atoms with Crippen molar-refractivity contribution in [1.29, 1.82) is 0 Å². The summed E-state index contributed by atoms with van der Waals surface area (Å²) in [5, 5.41) is 0. The van der Waals surface area contributed by atoms with Gasteiger partial charge in [0.1, 0.15) is 5.82 Å². The van der Waals surface area contributed by atoms with Crippen LogP contribution in [0.4, 0.5) is 10.1 Å². The summed E-state index contributed by atoms with van der Waals surface area (Å²) in [6.45, 7) is 3.47. The van der Waals surface area contributed by atoms with Crippen LogP contribution < -0.4 is 5.73 Å². The summed E-state index contributed by atoms with van der Waals surface area (Å²) < 4.78 is 13.3. The van der Waals surface area contributed by atoms with E-state index in [0.717, 1.165) is 26.1 Å². The maximum Gasteiger partial charge on any atom is 0.256 e. The summed E-state index contributed by atoms with van der Waals surface area (Å²) in [4.78, 5) is 16.7. The molecule has 3 rings (SSSR count). The van der Waals surface area contributed by atoms with Crippen LogP contribution in [0.1, 0.15) is 23.2 Å². The number of amides is 1. The van der Waals surface area contributed by atoms with Gasteiger partial charge in [0.2, 0.25) is 0 Å². The molecule has 2 aliphatic heterocycles. The molecule has 102 valence electrons. The Kier molecular flexibility index (Phi) is 3.14. The lowest BCUT2D eigenvalue weighted by atomic mass is 10.1. The summed E-state index contributed by atoms with van der Waals surface area (Å²) in [6.07, 6.45) is 2.34. The van der Waals surface area contributed by atoms with Crippen molar-refractivity contribution in [3.8, 4) is 0 Å². The summed E-state index contributed by atoms with van der Waals surface area (Å²) in [5.74, 6) is -0.569. The van der Waals surface area contributed by atoms with E-state index in [2.05, 4.69) is 4.90 Å². The van der Waals surface area contributed by atoms with Crippen molar-refractivity contribution in [3.05, 3.63) is 29.6 Å². The van der Waals surface area contributed by atoms with Crippen LogP contribution in [-0.4, -0.2) is 47.9 Å². The van der Waals surface area contributed by atoms with Crippen molar-refractivity contribution in [3.63, 3.8) is 0 Å². The van der Waals surface area contributed by atoms with Crippen LogP contribution in [0.15, 0.2) is 18.2 Å². The highest BCUT2D eigenvalue weighted by molar-refractivity contribution is 5.99. The molecular formula is C14H18FN3O. The predicted octanol–water partition coefficient (Wildman–Crippen LogP) is 1.33. The van der Waals surface area contributed by atoms with Crippen LogP contribution >= 0.6 is 0 Å². The Hall–Kier alpha value is -1.62. The second-order valence-corrected chi connectivity index (χ2v) is 5.31. The number of anilines is 1. The smallest absolute Gasteiger partial charge is 0.256 e. The van der Waals surface area contributed by atoms with Gasteiger partial charge in [0.05, 0.1) is 5.56 Å². The highest BCUT2D eigenvalue weighted by atomic mass is 19.1. The van der Waals surface area contributed by atoms with Gasteiger partial charge in [-0.15, -0.1) is 0 Å². The SMILES string of the molecule is Nc1ccc(F)cc1C(=O)N1CCN2CCCC2C1. The number of carbonyl (C=O) groups excluding carboxylic acids is 1. The molecule has 1 aromatic carbocycles. The van der Waals surface area contributed by atoms with Crippen LogP contribution in [0.25, 0.3) is 0 Å². The lowest BCUT2D eigenvalue weighted by Gasteiger charge is -2.37. The van der Waals surface area contributed by atoms with E-state index in [1.807, 2.05) is 0 Å². The van der Waals surface area contributed by atoms with Gasteiger partial charge in [-0.2, -0.15) is 0 Å². The Morgan fingerprint density at radius 2 is 2.16 bits per heavy atom. The molecule has 1 atom stereocenters. The van der Waals surface area contributed by atoms with Crippen LogP contribution in [0, 0.1) is 5.82 Å². The topological polar surface area (TPSA) is 49.6 Å². The number of hydrogen-bond donors (Lipinski definition) is 1. The summed E-state index contributed by atoms with van der Waals surface area (Å²) in [7, 11) is 0. The fraction of sp³-hybridized carbons (Fsp3) is 0.500. The fourth-order valence-corrected chi connectivity index (χ4v) is 3.06. The van der Waals surface area contributed by atoms with E-state index in [-0.39, 0.29) is 11.5 Å². The van der Waals surface area contributed by atoms with Gasteiger partial charge >= 0.3 is 0 Å². The molecule has 1 amide bonds. The molecule has 19 heavy (non-hydrogen) atoms. The van der Waals surface area contributed by atoms with Gasteiger partial charge < -0.3 is 10.6 Å². The van der Waals surface area contributed by atoms with Gasteiger partial charge in [-0.05, 0) is 37.6 Å². The fourth-order valence-electron chi connectivity index (χ4n) is 3.06. The summed E-state index contributed by atoms with van der Waals surface area (Å²) >= 11 is 0. The van der Waals surface area contributed by atoms with E-state index in [0.29, 0.717) is 18.3 Å². The quantitative estimate of drug-likeness (QED) is 0.778. The molecule has 1 unspecified atom stereocenters. The van der Waals surface area contributed by atoms with E-state index in [9.17, 15) is 9.18 Å². The standard InChI is InChI=1S/C14H18FN3O/c15-10-3-4-13(16)12(8-10)14(19)18-7-6-17-5-1-2-11(17)9-18/h3-4,8,11H,1-2,5-7,9,16H2. The minimum Gasteiger partial charge on any atom is -0.398 e. The number of nitrogens with zero attached hydrogens (tertiary/aromatic N) is 2. The molecule has 0 aromatic heterocycles. The first-order chi connectivity index (χ1) is 9.15. The normalized spacial score (nSPS) is 23.4. The molecule has 4 nitrogen and oxygen atoms in total. The van der Waals surface area contributed by atoms with Crippen molar-refractivity contribution in [2.75, 3.05) is 31.9 Å². The molecule has 2 heterocycles. The number of nitrogen functional groups attached to an aromatic ring is 1.